The Balaban J connectivity index is 2.93. The molecule has 0 spiro atoms. The number of carbonyl (C=O) groups excluding carboxylic acids is 1. The Labute approximate surface area is 70.4 Å². The smallest absolute Gasteiger partial charge is 0.152 e. The predicted octanol–water partition coefficient (Wildman–Crippen LogP) is 1.36. The lowest BCUT2D eigenvalue weighted by Gasteiger charge is -2.00. The van der Waals surface area contributed by atoms with Crippen molar-refractivity contribution in [3.63, 3.8) is 0 Å². The van der Waals surface area contributed by atoms with Crippen molar-refractivity contribution in [3.8, 4) is 0 Å². The van der Waals surface area contributed by atoms with Gasteiger partial charge < -0.3 is 5.32 Å². The molecule has 1 aromatic carbocycles. The number of hydrogen-bond donors (Lipinski definition) is 1. The Hall–Kier alpha value is -1.22. The van der Waals surface area contributed by atoms with Crippen molar-refractivity contribution in [2.24, 2.45) is 0 Å². The maximum absolute atomic E-state index is 12.9. The van der Waals surface area contributed by atoms with Crippen LogP contribution in [0.3, 0.4) is 0 Å². The number of halogens is 1. The van der Waals surface area contributed by atoms with Crippen LogP contribution in [0.4, 0.5) is 4.39 Å². The Morgan fingerprint density at radius 3 is 2.83 bits per heavy atom. The van der Waals surface area contributed by atoms with E-state index in [1.54, 1.807) is 13.1 Å². The standard InChI is InChI=1S/C9H10FNO/c1-11-5-7-2-3-8(6-12)9(10)4-7/h2-4,6,11H,5H2,1H3. The second-order valence-electron chi connectivity index (χ2n) is 2.50. The van der Waals surface area contributed by atoms with Gasteiger partial charge in [0.25, 0.3) is 0 Å². The zero-order chi connectivity index (χ0) is 8.97. The van der Waals surface area contributed by atoms with E-state index in [-0.39, 0.29) is 5.56 Å². The van der Waals surface area contributed by atoms with E-state index < -0.39 is 5.82 Å². The zero-order valence-electron chi connectivity index (χ0n) is 6.80. The molecular formula is C9H10FNO. The molecule has 1 N–H and O–H groups in total. The molecule has 0 aliphatic heterocycles. The van der Waals surface area contributed by atoms with Gasteiger partial charge in [0.05, 0.1) is 5.56 Å². The summed E-state index contributed by atoms with van der Waals surface area (Å²) in [7, 11) is 1.78. The Morgan fingerprint density at radius 2 is 2.33 bits per heavy atom. The van der Waals surface area contributed by atoms with E-state index in [0.29, 0.717) is 12.8 Å². The molecule has 0 amide bonds. The molecule has 12 heavy (non-hydrogen) atoms. The third-order valence-electron chi connectivity index (χ3n) is 1.57. The molecule has 0 aliphatic carbocycles. The molecule has 3 heteroatoms. The quantitative estimate of drug-likeness (QED) is 0.688. The van der Waals surface area contributed by atoms with Crippen LogP contribution in [0.5, 0.6) is 0 Å². The minimum absolute atomic E-state index is 0.106. The van der Waals surface area contributed by atoms with Gasteiger partial charge in [0.1, 0.15) is 5.82 Å². The summed E-state index contributed by atoms with van der Waals surface area (Å²) >= 11 is 0. The van der Waals surface area contributed by atoms with Gasteiger partial charge in [-0.1, -0.05) is 6.07 Å². The second-order valence-corrected chi connectivity index (χ2v) is 2.50. The van der Waals surface area contributed by atoms with Crippen LogP contribution in [-0.2, 0) is 6.54 Å². The highest BCUT2D eigenvalue weighted by molar-refractivity contribution is 5.75. The number of rotatable bonds is 3. The average Bonchev–Trinajstić information content (AvgIpc) is 2.05. The summed E-state index contributed by atoms with van der Waals surface area (Å²) in [5, 5.41) is 2.89. The van der Waals surface area contributed by atoms with Gasteiger partial charge in [-0.2, -0.15) is 0 Å². The molecule has 64 valence electrons. The Morgan fingerprint density at radius 1 is 1.58 bits per heavy atom. The number of hydrogen-bond acceptors (Lipinski definition) is 2. The van der Waals surface area contributed by atoms with Gasteiger partial charge in [-0.25, -0.2) is 4.39 Å². The maximum atomic E-state index is 12.9. The lowest BCUT2D eigenvalue weighted by atomic mass is 10.1. The summed E-state index contributed by atoms with van der Waals surface area (Å²) in [6, 6.07) is 4.57. The van der Waals surface area contributed by atoms with Crippen molar-refractivity contribution in [3.05, 3.63) is 35.1 Å². The predicted molar refractivity (Wildman–Crippen MR) is 44.6 cm³/mol. The monoisotopic (exact) mass is 167 g/mol. The molecule has 0 saturated carbocycles. The van der Waals surface area contributed by atoms with Gasteiger partial charge in [0.15, 0.2) is 6.29 Å². The molecule has 0 saturated heterocycles. The van der Waals surface area contributed by atoms with Crippen LogP contribution in [-0.4, -0.2) is 13.3 Å². The third-order valence-corrected chi connectivity index (χ3v) is 1.57. The fourth-order valence-corrected chi connectivity index (χ4v) is 0.980. The molecule has 1 rings (SSSR count). The lowest BCUT2D eigenvalue weighted by Crippen LogP contribution is -2.05. The van der Waals surface area contributed by atoms with Gasteiger partial charge >= 0.3 is 0 Å². The molecule has 0 aromatic heterocycles. The summed E-state index contributed by atoms with van der Waals surface area (Å²) in [5.74, 6) is -0.460. The highest BCUT2D eigenvalue weighted by Gasteiger charge is 2.00. The summed E-state index contributed by atoms with van der Waals surface area (Å²) in [5.41, 5.74) is 0.940. The molecular weight excluding hydrogens is 157 g/mol. The molecule has 0 radical (unpaired) electrons. The van der Waals surface area contributed by atoms with Crippen molar-refractivity contribution >= 4 is 6.29 Å². The SMILES string of the molecule is CNCc1ccc(C=O)c(F)c1. The summed E-state index contributed by atoms with van der Waals surface area (Å²) in [6.45, 7) is 0.607. The van der Waals surface area contributed by atoms with E-state index in [1.807, 2.05) is 0 Å². The number of aldehydes is 1. The van der Waals surface area contributed by atoms with Gasteiger partial charge in [-0.15, -0.1) is 0 Å². The Kier molecular flexibility index (Phi) is 2.94. The summed E-state index contributed by atoms with van der Waals surface area (Å²) in [4.78, 5) is 10.2. The average molecular weight is 167 g/mol. The van der Waals surface area contributed by atoms with Crippen LogP contribution in [0.25, 0.3) is 0 Å². The van der Waals surface area contributed by atoms with Crippen molar-refractivity contribution < 1.29 is 9.18 Å². The second kappa shape index (κ2) is 3.97. The van der Waals surface area contributed by atoms with Gasteiger partial charge in [-0.3, -0.25) is 4.79 Å². The van der Waals surface area contributed by atoms with E-state index in [2.05, 4.69) is 5.32 Å². The minimum atomic E-state index is -0.460. The molecule has 2 nitrogen and oxygen atoms in total. The van der Waals surface area contributed by atoms with E-state index >= 15 is 0 Å². The van der Waals surface area contributed by atoms with Crippen LogP contribution in [0, 0.1) is 5.82 Å². The molecule has 0 aliphatic rings. The first-order valence-electron chi connectivity index (χ1n) is 3.66. The van der Waals surface area contributed by atoms with Crippen LogP contribution in [0.1, 0.15) is 15.9 Å². The van der Waals surface area contributed by atoms with Gasteiger partial charge in [0.2, 0.25) is 0 Å². The number of benzene rings is 1. The zero-order valence-corrected chi connectivity index (χ0v) is 6.80. The third kappa shape index (κ3) is 1.89. The fraction of sp³-hybridized carbons (Fsp3) is 0.222. The normalized spacial score (nSPS) is 9.83. The largest absolute Gasteiger partial charge is 0.316 e. The molecule has 0 atom stereocenters. The van der Waals surface area contributed by atoms with Crippen molar-refractivity contribution in [2.45, 2.75) is 6.54 Å². The maximum Gasteiger partial charge on any atom is 0.152 e. The van der Waals surface area contributed by atoms with Crippen molar-refractivity contribution in [1.82, 2.24) is 5.32 Å². The van der Waals surface area contributed by atoms with Crippen molar-refractivity contribution in [1.29, 1.82) is 0 Å². The molecule has 0 unspecified atom stereocenters. The first-order chi connectivity index (χ1) is 5.77. The lowest BCUT2D eigenvalue weighted by molar-refractivity contribution is 0.112. The molecule has 0 fully saturated rings. The van der Waals surface area contributed by atoms with E-state index in [0.717, 1.165) is 5.56 Å². The summed E-state index contributed by atoms with van der Waals surface area (Å²) in [6.07, 6.45) is 0.512. The number of nitrogens with one attached hydrogen (secondary N) is 1. The first-order valence-corrected chi connectivity index (χ1v) is 3.66. The number of carbonyl (C=O) groups is 1. The van der Waals surface area contributed by atoms with E-state index in [4.69, 9.17) is 0 Å². The van der Waals surface area contributed by atoms with E-state index in [9.17, 15) is 9.18 Å². The minimum Gasteiger partial charge on any atom is -0.316 e. The molecule has 1 aromatic rings. The van der Waals surface area contributed by atoms with Crippen LogP contribution in [0.15, 0.2) is 18.2 Å². The fourth-order valence-electron chi connectivity index (χ4n) is 0.980. The highest BCUT2D eigenvalue weighted by atomic mass is 19.1. The highest BCUT2D eigenvalue weighted by Crippen LogP contribution is 2.07. The van der Waals surface area contributed by atoms with Crippen LogP contribution >= 0.6 is 0 Å². The summed E-state index contributed by atoms with van der Waals surface area (Å²) < 4.78 is 12.9. The molecule has 0 heterocycles. The van der Waals surface area contributed by atoms with Crippen molar-refractivity contribution in [2.75, 3.05) is 7.05 Å². The van der Waals surface area contributed by atoms with Gasteiger partial charge in [-0.05, 0) is 24.7 Å². The first kappa shape index (κ1) is 8.87. The molecule has 0 bridgehead atoms. The topological polar surface area (TPSA) is 29.1 Å². The van der Waals surface area contributed by atoms with E-state index in [1.165, 1.54) is 12.1 Å². The van der Waals surface area contributed by atoms with Crippen LogP contribution in [0.2, 0.25) is 0 Å². The Bertz CT molecular complexity index is 286. The van der Waals surface area contributed by atoms with Gasteiger partial charge in [0, 0.05) is 6.54 Å². The van der Waals surface area contributed by atoms with Crippen LogP contribution < -0.4 is 5.32 Å².